The molecular formula is C16H23N3O4S2. The van der Waals surface area contributed by atoms with E-state index in [0.29, 0.717) is 37.0 Å². The second-order valence-electron chi connectivity index (χ2n) is 7.00. The summed E-state index contributed by atoms with van der Waals surface area (Å²) >= 11 is 1.26. The number of nitrogens with one attached hydrogen (secondary N) is 1. The maximum Gasteiger partial charge on any atom is 0.252 e. The number of carbonyl (C=O) groups excluding carboxylic acids is 1. The lowest BCUT2D eigenvalue weighted by Gasteiger charge is -2.49. The van der Waals surface area contributed by atoms with Gasteiger partial charge in [0.2, 0.25) is 5.91 Å². The van der Waals surface area contributed by atoms with E-state index in [-0.39, 0.29) is 17.5 Å². The summed E-state index contributed by atoms with van der Waals surface area (Å²) in [4.78, 5) is 14.2. The molecule has 138 valence electrons. The number of rotatable bonds is 3. The Morgan fingerprint density at radius 2 is 2.12 bits per heavy atom. The summed E-state index contributed by atoms with van der Waals surface area (Å²) in [7, 11) is -3.38. The van der Waals surface area contributed by atoms with Crippen molar-refractivity contribution in [2.45, 2.75) is 35.1 Å². The SMILES string of the molecule is O=C1CN(C2CCN(S(=O)(=O)c3cccs3)CC2)C2(CCOC2)CN1. The third-order valence-corrected chi connectivity index (χ3v) is 8.85. The minimum atomic E-state index is -3.38. The van der Waals surface area contributed by atoms with Gasteiger partial charge in [-0.15, -0.1) is 11.3 Å². The van der Waals surface area contributed by atoms with Gasteiger partial charge in [-0.05, 0) is 30.7 Å². The number of carbonyl (C=O) groups is 1. The number of piperidine rings is 1. The van der Waals surface area contributed by atoms with Gasteiger partial charge >= 0.3 is 0 Å². The van der Waals surface area contributed by atoms with Gasteiger partial charge in [-0.1, -0.05) is 6.07 Å². The topological polar surface area (TPSA) is 79.0 Å². The fourth-order valence-corrected chi connectivity index (χ4v) is 6.77. The van der Waals surface area contributed by atoms with Crippen LogP contribution in [0.25, 0.3) is 0 Å². The van der Waals surface area contributed by atoms with E-state index in [2.05, 4.69) is 10.2 Å². The predicted molar refractivity (Wildman–Crippen MR) is 94.0 cm³/mol. The van der Waals surface area contributed by atoms with Gasteiger partial charge in [0, 0.05) is 32.3 Å². The smallest absolute Gasteiger partial charge is 0.252 e. The van der Waals surface area contributed by atoms with Crippen LogP contribution in [0.4, 0.5) is 0 Å². The number of sulfonamides is 1. The van der Waals surface area contributed by atoms with Crippen molar-refractivity contribution in [3.8, 4) is 0 Å². The van der Waals surface area contributed by atoms with E-state index in [1.54, 1.807) is 21.8 Å². The highest BCUT2D eigenvalue weighted by atomic mass is 32.2. The Bertz CT molecular complexity index is 721. The fourth-order valence-electron chi connectivity index (χ4n) is 4.15. The molecule has 1 aromatic rings. The van der Waals surface area contributed by atoms with Crippen LogP contribution in [0.3, 0.4) is 0 Å². The second kappa shape index (κ2) is 6.62. The summed E-state index contributed by atoms with van der Waals surface area (Å²) < 4.78 is 33.0. The molecule has 1 N–H and O–H groups in total. The van der Waals surface area contributed by atoms with Crippen molar-refractivity contribution in [1.29, 1.82) is 0 Å². The largest absolute Gasteiger partial charge is 0.379 e. The van der Waals surface area contributed by atoms with Crippen LogP contribution >= 0.6 is 11.3 Å². The van der Waals surface area contributed by atoms with Crippen molar-refractivity contribution >= 4 is 27.3 Å². The fraction of sp³-hybridized carbons (Fsp3) is 0.688. The molecule has 4 heterocycles. The van der Waals surface area contributed by atoms with Gasteiger partial charge in [-0.3, -0.25) is 9.69 Å². The second-order valence-corrected chi connectivity index (χ2v) is 10.1. The number of hydrogen-bond acceptors (Lipinski definition) is 6. The van der Waals surface area contributed by atoms with Crippen LogP contribution in [0.1, 0.15) is 19.3 Å². The minimum Gasteiger partial charge on any atom is -0.379 e. The van der Waals surface area contributed by atoms with E-state index >= 15 is 0 Å². The molecule has 0 aliphatic carbocycles. The van der Waals surface area contributed by atoms with Crippen LogP contribution in [0.15, 0.2) is 21.7 Å². The molecule has 1 atom stereocenters. The van der Waals surface area contributed by atoms with Crippen molar-refractivity contribution in [2.75, 3.05) is 39.4 Å². The zero-order chi connectivity index (χ0) is 17.5. The van der Waals surface area contributed by atoms with E-state index < -0.39 is 10.0 Å². The molecule has 1 spiro atoms. The van der Waals surface area contributed by atoms with Crippen LogP contribution in [0.5, 0.6) is 0 Å². The van der Waals surface area contributed by atoms with Crippen LogP contribution in [0, 0.1) is 0 Å². The molecule has 3 aliphatic heterocycles. The van der Waals surface area contributed by atoms with Gasteiger partial charge in [-0.25, -0.2) is 8.42 Å². The van der Waals surface area contributed by atoms with Crippen molar-refractivity contribution < 1.29 is 17.9 Å². The van der Waals surface area contributed by atoms with Gasteiger partial charge in [0.05, 0.1) is 18.7 Å². The van der Waals surface area contributed by atoms with Gasteiger partial charge in [0.25, 0.3) is 10.0 Å². The molecule has 7 nitrogen and oxygen atoms in total. The molecule has 3 aliphatic rings. The van der Waals surface area contributed by atoms with Crippen molar-refractivity contribution in [3.05, 3.63) is 17.5 Å². The predicted octanol–water partition coefficient (Wildman–Crippen LogP) is 0.492. The lowest BCUT2D eigenvalue weighted by Crippen LogP contribution is -2.67. The van der Waals surface area contributed by atoms with E-state index in [4.69, 9.17) is 4.74 Å². The number of amides is 1. The molecule has 9 heteroatoms. The number of ether oxygens (including phenoxy) is 1. The Labute approximate surface area is 152 Å². The van der Waals surface area contributed by atoms with Crippen LogP contribution in [-0.4, -0.2) is 74.5 Å². The third-order valence-electron chi connectivity index (χ3n) is 5.57. The van der Waals surface area contributed by atoms with Gasteiger partial charge < -0.3 is 10.1 Å². The summed E-state index contributed by atoms with van der Waals surface area (Å²) in [6.07, 6.45) is 2.42. The quantitative estimate of drug-likeness (QED) is 0.819. The van der Waals surface area contributed by atoms with E-state index in [1.165, 1.54) is 11.3 Å². The van der Waals surface area contributed by atoms with Gasteiger partial charge in [0.1, 0.15) is 4.21 Å². The summed E-state index contributed by atoms with van der Waals surface area (Å²) in [5.41, 5.74) is -0.118. The first-order valence-electron chi connectivity index (χ1n) is 8.66. The highest BCUT2D eigenvalue weighted by Crippen LogP contribution is 2.34. The van der Waals surface area contributed by atoms with Crippen LogP contribution in [-0.2, 0) is 19.6 Å². The van der Waals surface area contributed by atoms with Crippen molar-refractivity contribution in [2.24, 2.45) is 0 Å². The number of nitrogens with zero attached hydrogens (tertiary/aromatic N) is 2. The molecule has 25 heavy (non-hydrogen) atoms. The number of thiophene rings is 1. The highest BCUT2D eigenvalue weighted by Gasteiger charge is 2.48. The molecule has 1 aromatic heterocycles. The summed E-state index contributed by atoms with van der Waals surface area (Å²) in [6, 6.07) is 3.65. The van der Waals surface area contributed by atoms with E-state index in [0.717, 1.165) is 25.9 Å². The van der Waals surface area contributed by atoms with Crippen LogP contribution in [0.2, 0.25) is 0 Å². The Morgan fingerprint density at radius 3 is 2.76 bits per heavy atom. The van der Waals surface area contributed by atoms with Gasteiger partial charge in [-0.2, -0.15) is 4.31 Å². The Kier molecular flexibility index (Phi) is 4.61. The number of hydrogen-bond donors (Lipinski definition) is 1. The van der Waals surface area contributed by atoms with Gasteiger partial charge in [0.15, 0.2) is 0 Å². The molecule has 4 rings (SSSR count). The highest BCUT2D eigenvalue weighted by molar-refractivity contribution is 7.91. The zero-order valence-corrected chi connectivity index (χ0v) is 15.7. The molecule has 3 fully saturated rings. The zero-order valence-electron chi connectivity index (χ0n) is 14.0. The third kappa shape index (κ3) is 3.12. The molecule has 1 amide bonds. The first-order valence-corrected chi connectivity index (χ1v) is 11.0. The Morgan fingerprint density at radius 1 is 1.32 bits per heavy atom. The van der Waals surface area contributed by atoms with Crippen molar-refractivity contribution in [3.63, 3.8) is 0 Å². The summed E-state index contributed by atoms with van der Waals surface area (Å²) in [5.74, 6) is 0.0474. The monoisotopic (exact) mass is 385 g/mol. The molecule has 0 bridgehead atoms. The molecule has 0 saturated carbocycles. The Hall–Kier alpha value is -1.00. The van der Waals surface area contributed by atoms with E-state index in [1.807, 2.05) is 0 Å². The van der Waals surface area contributed by atoms with Crippen LogP contribution < -0.4 is 5.32 Å². The molecular weight excluding hydrogens is 362 g/mol. The lowest BCUT2D eigenvalue weighted by atomic mass is 9.89. The number of piperazine rings is 1. The molecule has 3 saturated heterocycles. The summed E-state index contributed by atoms with van der Waals surface area (Å²) in [5, 5.41) is 4.76. The maximum atomic E-state index is 12.7. The minimum absolute atomic E-state index is 0.0474. The van der Waals surface area contributed by atoms with Crippen molar-refractivity contribution in [1.82, 2.24) is 14.5 Å². The molecule has 0 aromatic carbocycles. The average Bonchev–Trinajstić information content (AvgIpc) is 3.30. The maximum absolute atomic E-state index is 12.7. The average molecular weight is 386 g/mol. The standard InChI is InChI=1S/C16H23N3O4S2/c20-14-10-19(16(11-17-14)5-8-23-12-16)13-3-6-18(7-4-13)25(21,22)15-2-1-9-24-15/h1-2,9,13H,3-8,10-12H2,(H,17,20). The Balaban J connectivity index is 1.47. The first-order chi connectivity index (χ1) is 12.0. The normalized spacial score (nSPS) is 30.0. The molecule has 1 unspecified atom stereocenters. The molecule has 0 radical (unpaired) electrons. The van der Waals surface area contributed by atoms with E-state index in [9.17, 15) is 13.2 Å². The lowest BCUT2D eigenvalue weighted by molar-refractivity contribution is -0.131. The first kappa shape index (κ1) is 17.4. The summed E-state index contributed by atoms with van der Waals surface area (Å²) in [6.45, 7) is 3.37.